The number of hydrogen-bond donors (Lipinski definition) is 1. The van der Waals surface area contributed by atoms with Crippen molar-refractivity contribution in [2.24, 2.45) is 0 Å². The molecule has 0 unspecified atom stereocenters. The number of carbonyl (C=O) groups is 1. The van der Waals surface area contributed by atoms with Gasteiger partial charge in [0.1, 0.15) is 17.3 Å². The van der Waals surface area contributed by atoms with Crippen molar-refractivity contribution in [3.05, 3.63) is 60.3 Å². The molecule has 1 N–H and O–H groups in total. The molecule has 0 amide bonds. The summed E-state index contributed by atoms with van der Waals surface area (Å²) in [5.74, 6) is 0.956. The topological polar surface area (TPSA) is 64.2 Å². The van der Waals surface area contributed by atoms with Gasteiger partial charge in [-0.05, 0) is 31.2 Å². The number of imidazole rings is 1. The van der Waals surface area contributed by atoms with E-state index in [1.807, 2.05) is 54.6 Å². The Kier molecular flexibility index (Phi) is 4.61. The van der Waals surface area contributed by atoms with E-state index in [0.717, 1.165) is 16.9 Å². The number of H-pyrrole nitrogens is 1. The number of nitrogens with one attached hydrogen (secondary N) is 1. The second-order valence-corrected chi connectivity index (χ2v) is 5.12. The van der Waals surface area contributed by atoms with Gasteiger partial charge in [0.05, 0.1) is 13.7 Å². The van der Waals surface area contributed by atoms with Crippen LogP contribution in [-0.4, -0.2) is 29.7 Å². The van der Waals surface area contributed by atoms with E-state index in [1.165, 1.54) is 0 Å². The molecule has 0 saturated carbocycles. The summed E-state index contributed by atoms with van der Waals surface area (Å²) in [6.45, 7) is 2.08. The first kappa shape index (κ1) is 15.8. The molecule has 3 aromatic rings. The molecule has 5 nitrogen and oxygen atoms in total. The first-order valence-electron chi connectivity index (χ1n) is 7.70. The van der Waals surface area contributed by atoms with Crippen molar-refractivity contribution in [3.63, 3.8) is 0 Å². The van der Waals surface area contributed by atoms with Crippen LogP contribution >= 0.6 is 0 Å². The quantitative estimate of drug-likeness (QED) is 0.723. The maximum absolute atomic E-state index is 12.3. The average Bonchev–Trinajstić information content (AvgIpc) is 3.08. The first-order valence-corrected chi connectivity index (χ1v) is 7.70. The number of benzene rings is 2. The average molecular weight is 322 g/mol. The standard InChI is InChI=1S/C19H18N2O3/c1-3-24-19(22)17-16(13-9-11-15(23-2)12-10-13)20-18(21-17)14-7-5-4-6-8-14/h4-12H,3H2,1-2H3,(H,20,21). The summed E-state index contributed by atoms with van der Waals surface area (Å²) < 4.78 is 10.3. The lowest BCUT2D eigenvalue weighted by atomic mass is 10.1. The molecule has 0 saturated heterocycles. The third-order valence-corrected chi connectivity index (χ3v) is 3.59. The molecule has 0 aliphatic rings. The van der Waals surface area contributed by atoms with Gasteiger partial charge in [0.2, 0.25) is 0 Å². The van der Waals surface area contributed by atoms with Crippen molar-refractivity contribution in [2.75, 3.05) is 13.7 Å². The largest absolute Gasteiger partial charge is 0.497 e. The number of aromatic nitrogens is 2. The number of esters is 1. The fourth-order valence-electron chi connectivity index (χ4n) is 2.41. The Morgan fingerprint density at radius 3 is 2.38 bits per heavy atom. The van der Waals surface area contributed by atoms with E-state index < -0.39 is 5.97 Å². The van der Waals surface area contributed by atoms with Gasteiger partial charge in [-0.2, -0.15) is 0 Å². The third-order valence-electron chi connectivity index (χ3n) is 3.59. The molecule has 3 rings (SSSR count). The number of ether oxygens (including phenoxy) is 2. The maximum atomic E-state index is 12.3. The lowest BCUT2D eigenvalue weighted by Crippen LogP contribution is -2.06. The summed E-state index contributed by atoms with van der Waals surface area (Å²) in [7, 11) is 1.61. The van der Waals surface area contributed by atoms with Crippen molar-refractivity contribution >= 4 is 5.97 Å². The minimum Gasteiger partial charge on any atom is -0.497 e. The van der Waals surface area contributed by atoms with Gasteiger partial charge in [0, 0.05) is 11.1 Å². The maximum Gasteiger partial charge on any atom is 0.357 e. The minimum atomic E-state index is -0.419. The van der Waals surface area contributed by atoms with Crippen molar-refractivity contribution in [2.45, 2.75) is 6.92 Å². The third kappa shape index (κ3) is 3.15. The molecule has 122 valence electrons. The van der Waals surface area contributed by atoms with Crippen LogP contribution in [-0.2, 0) is 4.74 Å². The second kappa shape index (κ2) is 7.00. The van der Waals surface area contributed by atoms with E-state index in [9.17, 15) is 4.79 Å². The van der Waals surface area contributed by atoms with E-state index >= 15 is 0 Å². The molecule has 2 aromatic carbocycles. The second-order valence-electron chi connectivity index (χ2n) is 5.12. The van der Waals surface area contributed by atoms with Gasteiger partial charge in [0.25, 0.3) is 0 Å². The zero-order chi connectivity index (χ0) is 16.9. The van der Waals surface area contributed by atoms with Crippen LogP contribution in [0.1, 0.15) is 17.4 Å². The fourth-order valence-corrected chi connectivity index (χ4v) is 2.41. The van der Waals surface area contributed by atoms with E-state index in [1.54, 1.807) is 14.0 Å². The molecular weight excluding hydrogens is 304 g/mol. The first-order chi connectivity index (χ1) is 11.7. The number of hydrogen-bond acceptors (Lipinski definition) is 4. The number of methoxy groups -OCH3 is 1. The summed E-state index contributed by atoms with van der Waals surface area (Å²) in [6, 6.07) is 17.1. The van der Waals surface area contributed by atoms with Crippen LogP contribution in [0.5, 0.6) is 5.75 Å². The molecule has 0 radical (unpaired) electrons. The van der Waals surface area contributed by atoms with Gasteiger partial charge in [-0.15, -0.1) is 0 Å². The highest BCUT2D eigenvalue weighted by Crippen LogP contribution is 2.28. The van der Waals surface area contributed by atoms with Crippen LogP contribution in [0.2, 0.25) is 0 Å². The van der Waals surface area contributed by atoms with Crippen molar-refractivity contribution < 1.29 is 14.3 Å². The van der Waals surface area contributed by atoms with Gasteiger partial charge in [-0.1, -0.05) is 30.3 Å². The lowest BCUT2D eigenvalue weighted by Gasteiger charge is -2.04. The highest BCUT2D eigenvalue weighted by molar-refractivity contribution is 5.95. The SMILES string of the molecule is CCOC(=O)c1[nH]c(-c2ccccc2)nc1-c1ccc(OC)cc1. The Labute approximate surface area is 140 Å². The van der Waals surface area contributed by atoms with Crippen LogP contribution in [0.15, 0.2) is 54.6 Å². The van der Waals surface area contributed by atoms with Gasteiger partial charge in [0.15, 0.2) is 5.69 Å². The number of carbonyl (C=O) groups excluding carboxylic acids is 1. The molecule has 0 bridgehead atoms. The van der Waals surface area contributed by atoms with Crippen LogP contribution in [0, 0.1) is 0 Å². The highest BCUT2D eigenvalue weighted by Gasteiger charge is 2.20. The smallest absolute Gasteiger partial charge is 0.357 e. The molecule has 1 aromatic heterocycles. The molecule has 0 fully saturated rings. The van der Waals surface area contributed by atoms with Crippen molar-refractivity contribution in [1.82, 2.24) is 9.97 Å². The zero-order valence-corrected chi connectivity index (χ0v) is 13.6. The Bertz CT molecular complexity index is 824. The zero-order valence-electron chi connectivity index (χ0n) is 13.6. The van der Waals surface area contributed by atoms with Gasteiger partial charge in [-0.3, -0.25) is 0 Å². The Morgan fingerprint density at radius 1 is 1.04 bits per heavy atom. The molecule has 0 aliphatic carbocycles. The van der Waals surface area contributed by atoms with Gasteiger partial charge < -0.3 is 14.5 Å². The number of rotatable bonds is 5. The van der Waals surface area contributed by atoms with Crippen LogP contribution in [0.25, 0.3) is 22.6 Å². The fraction of sp³-hybridized carbons (Fsp3) is 0.158. The molecule has 5 heteroatoms. The summed E-state index contributed by atoms with van der Waals surface area (Å²) in [6.07, 6.45) is 0. The highest BCUT2D eigenvalue weighted by atomic mass is 16.5. The molecule has 0 spiro atoms. The summed E-state index contributed by atoms with van der Waals surface area (Å²) in [4.78, 5) is 20.0. The molecule has 24 heavy (non-hydrogen) atoms. The van der Waals surface area contributed by atoms with E-state index in [-0.39, 0.29) is 0 Å². The summed E-state index contributed by atoms with van der Waals surface area (Å²) >= 11 is 0. The Balaban J connectivity index is 2.08. The lowest BCUT2D eigenvalue weighted by molar-refractivity contribution is 0.0521. The van der Waals surface area contributed by atoms with Gasteiger partial charge >= 0.3 is 5.97 Å². The van der Waals surface area contributed by atoms with E-state index in [4.69, 9.17) is 9.47 Å². The van der Waals surface area contributed by atoms with Crippen molar-refractivity contribution in [1.29, 1.82) is 0 Å². The van der Waals surface area contributed by atoms with Crippen molar-refractivity contribution in [3.8, 4) is 28.4 Å². The van der Waals surface area contributed by atoms with E-state index in [0.29, 0.717) is 23.8 Å². The molecule has 0 atom stereocenters. The van der Waals surface area contributed by atoms with Crippen LogP contribution in [0.3, 0.4) is 0 Å². The predicted molar refractivity (Wildman–Crippen MR) is 92.0 cm³/mol. The normalized spacial score (nSPS) is 10.4. The molecule has 1 heterocycles. The van der Waals surface area contributed by atoms with Gasteiger partial charge in [-0.25, -0.2) is 9.78 Å². The number of nitrogens with zero attached hydrogens (tertiary/aromatic N) is 1. The number of aromatic amines is 1. The van der Waals surface area contributed by atoms with Crippen LogP contribution in [0.4, 0.5) is 0 Å². The summed E-state index contributed by atoms with van der Waals surface area (Å²) in [5.41, 5.74) is 2.64. The predicted octanol–water partition coefficient (Wildman–Crippen LogP) is 3.93. The van der Waals surface area contributed by atoms with E-state index in [2.05, 4.69) is 9.97 Å². The van der Waals surface area contributed by atoms with Crippen LogP contribution < -0.4 is 4.74 Å². The Morgan fingerprint density at radius 2 is 1.75 bits per heavy atom. The monoisotopic (exact) mass is 322 g/mol. The summed E-state index contributed by atoms with van der Waals surface area (Å²) in [5, 5.41) is 0. The Hall–Kier alpha value is -3.08. The minimum absolute atomic E-state index is 0.306. The molecular formula is C19H18N2O3. The molecule has 0 aliphatic heterocycles.